The Morgan fingerprint density at radius 2 is 1.35 bits per heavy atom. The van der Waals surface area contributed by atoms with Gasteiger partial charge in [-0.15, -0.1) is 0 Å². The van der Waals surface area contributed by atoms with E-state index in [-0.39, 0.29) is 0 Å². The van der Waals surface area contributed by atoms with Crippen molar-refractivity contribution in [3.8, 4) is 11.5 Å². The van der Waals surface area contributed by atoms with E-state index in [1.165, 1.54) is 0 Å². The van der Waals surface area contributed by atoms with Crippen LogP contribution in [0.5, 0.6) is 11.5 Å². The van der Waals surface area contributed by atoms with Crippen LogP contribution in [0.15, 0.2) is 53.0 Å². The third-order valence-corrected chi connectivity index (χ3v) is 3.33. The largest absolute Gasteiger partial charge is 0.490 e. The zero-order valence-corrected chi connectivity index (χ0v) is 12.8. The van der Waals surface area contributed by atoms with Gasteiger partial charge >= 0.3 is 0 Å². The van der Waals surface area contributed by atoms with Crippen molar-refractivity contribution >= 4 is 15.9 Å². The molecule has 1 atom stereocenters. The van der Waals surface area contributed by atoms with Gasteiger partial charge in [0.05, 0.1) is 6.10 Å². The summed E-state index contributed by atoms with van der Waals surface area (Å²) in [7, 11) is 0. The molecule has 0 saturated heterocycles. The molecule has 4 heteroatoms. The summed E-state index contributed by atoms with van der Waals surface area (Å²) in [5.74, 6) is 1.59. The summed E-state index contributed by atoms with van der Waals surface area (Å²) in [4.78, 5) is 0. The molecular weight excluding hydrogens is 320 g/mol. The van der Waals surface area contributed by atoms with Gasteiger partial charge < -0.3 is 14.6 Å². The molecule has 2 aromatic carbocycles. The Hall–Kier alpha value is -1.52. The summed E-state index contributed by atoms with van der Waals surface area (Å²) >= 11 is 3.38. The van der Waals surface area contributed by atoms with E-state index >= 15 is 0 Å². The van der Waals surface area contributed by atoms with Crippen molar-refractivity contribution in [2.24, 2.45) is 0 Å². The first-order valence-corrected chi connectivity index (χ1v) is 7.23. The highest BCUT2D eigenvalue weighted by Gasteiger charge is 2.01. The molecule has 0 fully saturated rings. The van der Waals surface area contributed by atoms with Gasteiger partial charge in [0.25, 0.3) is 0 Å². The lowest BCUT2D eigenvalue weighted by atomic mass is 10.1. The molecule has 0 aliphatic carbocycles. The van der Waals surface area contributed by atoms with E-state index < -0.39 is 6.10 Å². The zero-order valence-electron chi connectivity index (χ0n) is 11.3. The number of rotatable bonds is 6. The summed E-state index contributed by atoms with van der Waals surface area (Å²) in [6.07, 6.45) is -0.454. The fourth-order valence-electron chi connectivity index (χ4n) is 1.69. The van der Waals surface area contributed by atoms with Gasteiger partial charge in [0.15, 0.2) is 0 Å². The van der Waals surface area contributed by atoms with Gasteiger partial charge in [0.2, 0.25) is 0 Å². The van der Waals surface area contributed by atoms with Crippen LogP contribution in [0.1, 0.15) is 18.6 Å². The maximum absolute atomic E-state index is 9.41. The molecule has 106 valence electrons. The van der Waals surface area contributed by atoms with Crippen LogP contribution in [0, 0.1) is 0 Å². The van der Waals surface area contributed by atoms with E-state index in [9.17, 15) is 5.11 Å². The first-order chi connectivity index (χ1) is 9.65. The molecule has 3 nitrogen and oxygen atoms in total. The molecule has 0 amide bonds. The number of aliphatic hydroxyl groups excluding tert-OH is 1. The predicted octanol–water partition coefficient (Wildman–Crippen LogP) is 3.96. The Morgan fingerprint density at radius 3 is 1.80 bits per heavy atom. The van der Waals surface area contributed by atoms with Crippen molar-refractivity contribution < 1.29 is 14.6 Å². The Labute approximate surface area is 127 Å². The Bertz CT molecular complexity index is 520. The van der Waals surface area contributed by atoms with Gasteiger partial charge in [0, 0.05) is 4.47 Å². The quantitative estimate of drug-likeness (QED) is 0.811. The average molecular weight is 337 g/mol. The fourth-order valence-corrected chi connectivity index (χ4v) is 1.96. The molecule has 1 N–H and O–H groups in total. The molecule has 0 saturated carbocycles. The third kappa shape index (κ3) is 4.54. The molecule has 0 unspecified atom stereocenters. The molecule has 0 radical (unpaired) electrons. The highest BCUT2D eigenvalue weighted by molar-refractivity contribution is 9.10. The lowest BCUT2D eigenvalue weighted by Gasteiger charge is -2.09. The van der Waals surface area contributed by atoms with Gasteiger partial charge in [0.1, 0.15) is 24.7 Å². The number of halogens is 1. The van der Waals surface area contributed by atoms with Crippen molar-refractivity contribution in [1.29, 1.82) is 0 Å². The monoisotopic (exact) mass is 336 g/mol. The highest BCUT2D eigenvalue weighted by Crippen LogP contribution is 2.18. The molecule has 0 aliphatic rings. The van der Waals surface area contributed by atoms with Crippen molar-refractivity contribution in [2.45, 2.75) is 13.0 Å². The summed E-state index contributed by atoms with van der Waals surface area (Å²) in [6.45, 7) is 2.70. The number of aliphatic hydroxyl groups is 1. The molecule has 0 aliphatic heterocycles. The Morgan fingerprint density at radius 1 is 0.900 bits per heavy atom. The second kappa shape index (κ2) is 7.31. The van der Waals surface area contributed by atoms with Crippen LogP contribution in [-0.4, -0.2) is 18.3 Å². The fraction of sp³-hybridized carbons (Fsp3) is 0.250. The van der Waals surface area contributed by atoms with Crippen LogP contribution < -0.4 is 9.47 Å². The van der Waals surface area contributed by atoms with Gasteiger partial charge in [-0.25, -0.2) is 0 Å². The first kappa shape index (κ1) is 14.9. The molecule has 0 bridgehead atoms. The van der Waals surface area contributed by atoms with E-state index in [2.05, 4.69) is 15.9 Å². The van der Waals surface area contributed by atoms with E-state index in [0.717, 1.165) is 21.5 Å². The summed E-state index contributed by atoms with van der Waals surface area (Å²) in [6, 6.07) is 15.1. The van der Waals surface area contributed by atoms with Crippen LogP contribution >= 0.6 is 15.9 Å². The minimum absolute atomic E-state index is 0.454. The maximum Gasteiger partial charge on any atom is 0.122 e. The zero-order chi connectivity index (χ0) is 14.4. The molecule has 0 spiro atoms. The van der Waals surface area contributed by atoms with E-state index in [4.69, 9.17) is 9.47 Å². The van der Waals surface area contributed by atoms with Crippen LogP contribution in [0.25, 0.3) is 0 Å². The van der Waals surface area contributed by atoms with E-state index in [0.29, 0.717) is 13.2 Å². The van der Waals surface area contributed by atoms with Crippen molar-refractivity contribution in [1.82, 2.24) is 0 Å². The van der Waals surface area contributed by atoms with Gasteiger partial charge in [-0.3, -0.25) is 0 Å². The topological polar surface area (TPSA) is 38.7 Å². The minimum Gasteiger partial charge on any atom is -0.490 e. The SMILES string of the molecule is C[C@H](O)c1ccc(OCCOc2ccc(Br)cc2)cc1. The molecular formula is C16H17BrO3. The van der Waals surface area contributed by atoms with Gasteiger partial charge in [-0.1, -0.05) is 28.1 Å². The Kier molecular flexibility index (Phi) is 5.44. The minimum atomic E-state index is -0.454. The normalized spacial score (nSPS) is 11.9. The summed E-state index contributed by atoms with van der Waals surface area (Å²) in [5, 5.41) is 9.41. The third-order valence-electron chi connectivity index (χ3n) is 2.80. The molecule has 2 aromatic rings. The van der Waals surface area contributed by atoms with Crippen LogP contribution in [-0.2, 0) is 0 Å². The average Bonchev–Trinajstić information content (AvgIpc) is 2.46. The maximum atomic E-state index is 9.41. The second-order valence-electron chi connectivity index (χ2n) is 4.40. The van der Waals surface area contributed by atoms with Gasteiger partial charge in [-0.05, 0) is 48.9 Å². The summed E-state index contributed by atoms with van der Waals surface area (Å²) in [5.41, 5.74) is 0.878. The summed E-state index contributed by atoms with van der Waals surface area (Å²) < 4.78 is 12.2. The molecule has 0 heterocycles. The number of hydrogen-bond donors (Lipinski definition) is 1. The first-order valence-electron chi connectivity index (χ1n) is 6.44. The van der Waals surface area contributed by atoms with E-state index in [1.807, 2.05) is 48.5 Å². The molecule has 2 rings (SSSR count). The van der Waals surface area contributed by atoms with Crippen molar-refractivity contribution in [3.63, 3.8) is 0 Å². The lowest BCUT2D eigenvalue weighted by molar-refractivity contribution is 0.198. The van der Waals surface area contributed by atoms with Crippen LogP contribution in [0.4, 0.5) is 0 Å². The smallest absolute Gasteiger partial charge is 0.122 e. The van der Waals surface area contributed by atoms with Gasteiger partial charge in [-0.2, -0.15) is 0 Å². The lowest BCUT2D eigenvalue weighted by Crippen LogP contribution is -2.08. The predicted molar refractivity (Wildman–Crippen MR) is 82.2 cm³/mol. The number of ether oxygens (including phenoxy) is 2. The van der Waals surface area contributed by atoms with Crippen molar-refractivity contribution in [2.75, 3.05) is 13.2 Å². The number of benzene rings is 2. The van der Waals surface area contributed by atoms with Crippen LogP contribution in [0.2, 0.25) is 0 Å². The van der Waals surface area contributed by atoms with E-state index in [1.54, 1.807) is 6.92 Å². The van der Waals surface area contributed by atoms with Crippen LogP contribution in [0.3, 0.4) is 0 Å². The molecule has 0 aromatic heterocycles. The highest BCUT2D eigenvalue weighted by atomic mass is 79.9. The van der Waals surface area contributed by atoms with Crippen molar-refractivity contribution in [3.05, 3.63) is 58.6 Å². The second-order valence-corrected chi connectivity index (χ2v) is 5.31. The number of hydrogen-bond acceptors (Lipinski definition) is 3. The standard InChI is InChI=1S/C16H17BrO3/c1-12(18)13-2-6-15(7-3-13)19-10-11-20-16-8-4-14(17)5-9-16/h2-9,12,18H,10-11H2,1H3/t12-/m0/s1. The Balaban J connectivity index is 1.74. The molecule has 20 heavy (non-hydrogen) atoms.